The van der Waals surface area contributed by atoms with E-state index < -0.39 is 0 Å². The zero-order valence-corrected chi connectivity index (χ0v) is 18.1. The fraction of sp³-hybridized carbons (Fsp3) is 1.00. The van der Waals surface area contributed by atoms with Crippen LogP contribution in [0, 0.1) is 11.3 Å². The second kappa shape index (κ2) is 10.3. The lowest BCUT2D eigenvalue weighted by Crippen LogP contribution is -2.41. The zero-order chi connectivity index (χ0) is 15.8. The van der Waals surface area contributed by atoms with E-state index in [0.717, 1.165) is 45.2 Å². The molecule has 5 heteroatoms. The highest BCUT2D eigenvalue weighted by atomic mass is 80.0. The molecule has 1 saturated carbocycles. The quantitative estimate of drug-likeness (QED) is 0.354. The van der Waals surface area contributed by atoms with Crippen molar-refractivity contribution in [2.24, 2.45) is 11.3 Å². The summed E-state index contributed by atoms with van der Waals surface area (Å²) in [6, 6.07) is 0. The van der Waals surface area contributed by atoms with Crippen molar-refractivity contribution in [3.05, 3.63) is 0 Å². The van der Waals surface area contributed by atoms with Crippen LogP contribution in [0.3, 0.4) is 0 Å². The van der Waals surface area contributed by atoms with E-state index in [1.807, 2.05) is 0 Å². The molecule has 0 saturated heterocycles. The second-order valence-electron chi connectivity index (χ2n) is 6.09. The van der Waals surface area contributed by atoms with Gasteiger partial charge in [-0.15, -0.1) is 0 Å². The molecule has 0 N–H and O–H groups in total. The molecule has 0 aromatic carbocycles. The molecule has 1 aliphatic carbocycles. The van der Waals surface area contributed by atoms with E-state index in [2.05, 4.69) is 61.6 Å². The van der Waals surface area contributed by atoms with Gasteiger partial charge in [-0.05, 0) is 45.4 Å². The molecule has 0 atom stereocenters. The maximum atomic E-state index is 5.89. The highest BCUT2D eigenvalue weighted by molar-refractivity contribution is 9.39. The van der Waals surface area contributed by atoms with E-state index in [0.29, 0.717) is 0 Å². The van der Waals surface area contributed by atoms with Crippen molar-refractivity contribution in [2.45, 2.75) is 60.9 Å². The summed E-state index contributed by atoms with van der Waals surface area (Å²) in [6.07, 6.45) is 8.83. The summed E-state index contributed by atoms with van der Waals surface area (Å²) in [6.45, 7) is 7.35. The summed E-state index contributed by atoms with van der Waals surface area (Å²) in [5.41, 5.74) is 0.146. The predicted molar refractivity (Wildman–Crippen MR) is 101 cm³/mol. The van der Waals surface area contributed by atoms with Crippen molar-refractivity contribution in [2.75, 3.05) is 26.4 Å². The van der Waals surface area contributed by atoms with Gasteiger partial charge in [-0.2, -0.15) is 0 Å². The van der Waals surface area contributed by atoms with Gasteiger partial charge in [0.15, 0.2) is 0 Å². The first kappa shape index (κ1) is 20.4. The first-order chi connectivity index (χ1) is 9.93. The third-order valence-electron chi connectivity index (χ3n) is 4.56. The Hall–Kier alpha value is 1.36. The third kappa shape index (κ3) is 7.65. The lowest BCUT2D eigenvalue weighted by atomic mass is 9.67. The molecular formula is C16H29Br3O2. The number of rotatable bonds is 9. The van der Waals surface area contributed by atoms with Crippen molar-refractivity contribution in [1.29, 1.82) is 0 Å². The second-order valence-corrected chi connectivity index (χ2v) is 13.3. The van der Waals surface area contributed by atoms with Gasteiger partial charge in [-0.3, -0.25) is 0 Å². The van der Waals surface area contributed by atoms with Crippen molar-refractivity contribution < 1.29 is 9.47 Å². The molecular weight excluding hydrogens is 464 g/mol. The Morgan fingerprint density at radius 2 is 1.38 bits per heavy atom. The predicted octanol–water partition coefficient (Wildman–Crippen LogP) is 6.24. The summed E-state index contributed by atoms with van der Waals surface area (Å²) < 4.78 is 11.6. The molecule has 0 aromatic rings. The minimum absolute atomic E-state index is 0.146. The first-order valence-electron chi connectivity index (χ1n) is 8.16. The zero-order valence-electron chi connectivity index (χ0n) is 13.3. The van der Waals surface area contributed by atoms with E-state index in [1.54, 1.807) is 0 Å². The first-order valence-corrected chi connectivity index (χ1v) is 10.5. The lowest BCUT2D eigenvalue weighted by molar-refractivity contribution is -0.0657. The smallest absolute Gasteiger partial charge is 0.135 e. The summed E-state index contributed by atoms with van der Waals surface area (Å²) in [7, 11) is 0. The SMILES string of the molecule is CCOCC(CCC(Br)(Br)Br)(COCC)C1CCCCC1. The van der Waals surface area contributed by atoms with Crippen LogP contribution in [0.25, 0.3) is 0 Å². The minimum atomic E-state index is -0.175. The maximum absolute atomic E-state index is 5.89. The lowest BCUT2D eigenvalue weighted by Gasteiger charge is -2.43. The van der Waals surface area contributed by atoms with Crippen LogP contribution >= 0.6 is 47.8 Å². The summed E-state index contributed by atoms with van der Waals surface area (Å²) in [5.74, 6) is 0.721. The van der Waals surface area contributed by atoms with E-state index >= 15 is 0 Å². The average Bonchev–Trinajstić information content (AvgIpc) is 2.47. The van der Waals surface area contributed by atoms with E-state index in [1.165, 1.54) is 32.1 Å². The van der Waals surface area contributed by atoms with Gasteiger partial charge in [0.1, 0.15) is 2.14 Å². The minimum Gasteiger partial charge on any atom is -0.381 e. The van der Waals surface area contributed by atoms with E-state index in [4.69, 9.17) is 9.47 Å². The maximum Gasteiger partial charge on any atom is 0.135 e. The van der Waals surface area contributed by atoms with Gasteiger partial charge in [0, 0.05) is 18.6 Å². The molecule has 0 radical (unpaired) electrons. The van der Waals surface area contributed by atoms with E-state index in [9.17, 15) is 0 Å². The molecule has 0 aromatic heterocycles. The summed E-state index contributed by atoms with van der Waals surface area (Å²) in [4.78, 5) is 0. The van der Waals surface area contributed by atoms with Crippen LogP contribution < -0.4 is 0 Å². The summed E-state index contributed by atoms with van der Waals surface area (Å²) in [5, 5.41) is 0. The molecule has 0 spiro atoms. The topological polar surface area (TPSA) is 18.5 Å². The number of alkyl halides is 3. The third-order valence-corrected chi connectivity index (χ3v) is 5.75. The van der Waals surface area contributed by atoms with Gasteiger partial charge in [0.25, 0.3) is 0 Å². The molecule has 0 aliphatic heterocycles. The van der Waals surface area contributed by atoms with Gasteiger partial charge < -0.3 is 9.47 Å². The fourth-order valence-electron chi connectivity index (χ4n) is 3.34. The van der Waals surface area contributed by atoms with Gasteiger partial charge in [-0.1, -0.05) is 67.1 Å². The van der Waals surface area contributed by atoms with Crippen LogP contribution in [0.1, 0.15) is 58.8 Å². The Bertz CT molecular complexity index is 265. The molecule has 0 bridgehead atoms. The van der Waals surface area contributed by atoms with Crippen LogP contribution in [-0.2, 0) is 9.47 Å². The number of ether oxygens (including phenoxy) is 2. The highest BCUT2D eigenvalue weighted by Crippen LogP contribution is 2.47. The average molecular weight is 493 g/mol. The molecule has 2 nitrogen and oxygen atoms in total. The Morgan fingerprint density at radius 1 is 0.857 bits per heavy atom. The normalized spacial score (nSPS) is 18.1. The Kier molecular flexibility index (Phi) is 9.98. The van der Waals surface area contributed by atoms with Gasteiger partial charge in [0.2, 0.25) is 0 Å². The van der Waals surface area contributed by atoms with E-state index in [-0.39, 0.29) is 7.56 Å². The van der Waals surface area contributed by atoms with Crippen LogP contribution in [0.2, 0.25) is 0 Å². The van der Waals surface area contributed by atoms with Crippen molar-refractivity contribution in [1.82, 2.24) is 0 Å². The van der Waals surface area contributed by atoms with Crippen molar-refractivity contribution >= 4 is 47.8 Å². The van der Waals surface area contributed by atoms with Gasteiger partial charge >= 0.3 is 0 Å². The Balaban J connectivity index is 2.83. The largest absolute Gasteiger partial charge is 0.381 e. The van der Waals surface area contributed by atoms with Crippen LogP contribution in [0.15, 0.2) is 0 Å². The molecule has 1 rings (SSSR count). The molecule has 0 unspecified atom stereocenters. The molecule has 0 amide bonds. The number of halogens is 3. The Labute approximate surface area is 155 Å². The molecule has 126 valence electrons. The van der Waals surface area contributed by atoms with Gasteiger partial charge in [-0.25, -0.2) is 0 Å². The highest BCUT2D eigenvalue weighted by Gasteiger charge is 2.41. The van der Waals surface area contributed by atoms with Crippen LogP contribution in [0.4, 0.5) is 0 Å². The standard InChI is InChI=1S/C16H29Br3O2/c1-3-20-12-15(13-21-4-2,10-11-16(17,18)19)14-8-6-5-7-9-14/h14H,3-13H2,1-2H3. The molecule has 21 heavy (non-hydrogen) atoms. The molecule has 1 aliphatic rings. The van der Waals surface area contributed by atoms with Crippen molar-refractivity contribution in [3.8, 4) is 0 Å². The molecule has 1 fully saturated rings. The van der Waals surface area contributed by atoms with Crippen molar-refractivity contribution in [3.63, 3.8) is 0 Å². The summed E-state index contributed by atoms with van der Waals surface area (Å²) >= 11 is 10.9. The number of hydrogen-bond donors (Lipinski definition) is 0. The fourth-order valence-corrected chi connectivity index (χ4v) is 3.94. The van der Waals surface area contributed by atoms with Gasteiger partial charge in [0.05, 0.1) is 13.2 Å². The van der Waals surface area contributed by atoms with Crippen LogP contribution in [-0.4, -0.2) is 28.6 Å². The number of hydrogen-bond acceptors (Lipinski definition) is 2. The Morgan fingerprint density at radius 3 is 1.81 bits per heavy atom. The van der Waals surface area contributed by atoms with Crippen LogP contribution in [0.5, 0.6) is 0 Å². The molecule has 0 heterocycles. The monoisotopic (exact) mass is 490 g/mol.